The molecule has 1 aliphatic rings. The van der Waals surface area contributed by atoms with Gasteiger partial charge in [-0.05, 0) is 56.4 Å². The molecular weight excluding hydrogens is 274 g/mol. The molecular formula is C18H23N3O. The molecule has 2 heterocycles. The zero-order chi connectivity index (χ0) is 15.4. The van der Waals surface area contributed by atoms with Gasteiger partial charge in [-0.15, -0.1) is 0 Å². The van der Waals surface area contributed by atoms with E-state index in [2.05, 4.69) is 34.1 Å². The average Bonchev–Trinajstić information content (AvgIpc) is 3.04. The third-order valence-electron chi connectivity index (χ3n) is 4.37. The molecule has 1 aromatic heterocycles. The summed E-state index contributed by atoms with van der Waals surface area (Å²) in [4.78, 5) is 17.8. The molecule has 1 aliphatic heterocycles. The van der Waals surface area contributed by atoms with Crippen molar-refractivity contribution in [3.05, 3.63) is 52.7 Å². The molecule has 22 heavy (non-hydrogen) atoms. The van der Waals surface area contributed by atoms with Crippen molar-refractivity contribution < 1.29 is 0 Å². The predicted octanol–water partition coefficient (Wildman–Crippen LogP) is 2.48. The lowest BCUT2D eigenvalue weighted by molar-refractivity contribution is 0.334. The fourth-order valence-corrected chi connectivity index (χ4v) is 3.04. The summed E-state index contributed by atoms with van der Waals surface area (Å²) in [5, 5.41) is 0. The van der Waals surface area contributed by atoms with E-state index in [-0.39, 0.29) is 5.69 Å². The molecule has 4 nitrogen and oxygen atoms in total. The van der Waals surface area contributed by atoms with Crippen LogP contribution in [0.25, 0.3) is 11.1 Å². The lowest BCUT2D eigenvalue weighted by atomic mass is 10.0. The Hall–Kier alpha value is -1.94. The first-order valence-electron chi connectivity index (χ1n) is 8.07. The minimum Gasteiger partial charge on any atom is -0.303 e. The summed E-state index contributed by atoms with van der Waals surface area (Å²) in [6, 6.07) is 8.61. The van der Waals surface area contributed by atoms with Crippen LogP contribution in [0.2, 0.25) is 0 Å². The van der Waals surface area contributed by atoms with Crippen LogP contribution in [-0.2, 0) is 13.5 Å². The molecule has 3 rings (SSSR count). The average molecular weight is 297 g/mol. The maximum atomic E-state index is 11.3. The van der Waals surface area contributed by atoms with Crippen molar-refractivity contribution in [1.82, 2.24) is 14.5 Å². The normalized spacial score (nSPS) is 15.3. The zero-order valence-electron chi connectivity index (χ0n) is 13.2. The van der Waals surface area contributed by atoms with E-state index in [1.165, 1.54) is 49.0 Å². The minimum atomic E-state index is -0.220. The van der Waals surface area contributed by atoms with Gasteiger partial charge in [-0.3, -0.25) is 0 Å². The quantitative estimate of drug-likeness (QED) is 0.851. The molecule has 4 heteroatoms. The van der Waals surface area contributed by atoms with Gasteiger partial charge in [0.25, 0.3) is 0 Å². The Morgan fingerprint density at radius 1 is 1.09 bits per heavy atom. The molecule has 116 valence electrons. The first-order valence-corrected chi connectivity index (χ1v) is 8.07. The molecule has 1 aromatic carbocycles. The number of benzene rings is 1. The molecule has 0 N–H and O–H groups in total. The van der Waals surface area contributed by atoms with Crippen LogP contribution in [0, 0.1) is 0 Å². The highest BCUT2D eigenvalue weighted by molar-refractivity contribution is 5.61. The van der Waals surface area contributed by atoms with Crippen molar-refractivity contribution >= 4 is 0 Å². The second-order valence-electron chi connectivity index (χ2n) is 6.09. The number of aromatic nitrogens is 2. The van der Waals surface area contributed by atoms with Gasteiger partial charge in [0.05, 0.1) is 0 Å². The van der Waals surface area contributed by atoms with E-state index >= 15 is 0 Å². The smallest absolute Gasteiger partial charge is 0.303 e. The van der Waals surface area contributed by atoms with Gasteiger partial charge < -0.3 is 9.47 Å². The van der Waals surface area contributed by atoms with E-state index in [0.29, 0.717) is 0 Å². The predicted molar refractivity (Wildman–Crippen MR) is 88.9 cm³/mol. The van der Waals surface area contributed by atoms with Gasteiger partial charge in [-0.25, -0.2) is 9.78 Å². The van der Waals surface area contributed by atoms with Gasteiger partial charge in [-0.2, -0.15) is 0 Å². The second kappa shape index (κ2) is 6.88. The van der Waals surface area contributed by atoms with Gasteiger partial charge in [0, 0.05) is 25.0 Å². The third-order valence-corrected chi connectivity index (χ3v) is 4.37. The van der Waals surface area contributed by atoms with Crippen LogP contribution in [0.5, 0.6) is 0 Å². The van der Waals surface area contributed by atoms with Crippen LogP contribution in [0.15, 0.2) is 41.5 Å². The summed E-state index contributed by atoms with van der Waals surface area (Å²) in [6.07, 6.45) is 8.55. The Morgan fingerprint density at radius 2 is 1.82 bits per heavy atom. The largest absolute Gasteiger partial charge is 0.347 e. The molecule has 1 saturated heterocycles. The number of rotatable bonds is 5. The SMILES string of the molecule is Cn1cc(-c2ccc(CCCN3CCCC3)cc2)cnc1=O. The van der Waals surface area contributed by atoms with E-state index in [9.17, 15) is 4.79 Å². The van der Waals surface area contributed by atoms with Crippen molar-refractivity contribution in [3.8, 4) is 11.1 Å². The second-order valence-corrected chi connectivity index (χ2v) is 6.09. The van der Waals surface area contributed by atoms with Crippen LogP contribution in [0.4, 0.5) is 0 Å². The van der Waals surface area contributed by atoms with E-state index in [0.717, 1.165) is 17.5 Å². The minimum absolute atomic E-state index is 0.220. The van der Waals surface area contributed by atoms with Gasteiger partial charge in [-0.1, -0.05) is 24.3 Å². The Morgan fingerprint density at radius 3 is 2.50 bits per heavy atom. The van der Waals surface area contributed by atoms with E-state index in [4.69, 9.17) is 0 Å². The molecule has 0 aliphatic carbocycles. The number of nitrogens with zero attached hydrogens (tertiary/aromatic N) is 3. The number of hydrogen-bond acceptors (Lipinski definition) is 3. The lowest BCUT2D eigenvalue weighted by Crippen LogP contribution is -2.20. The number of hydrogen-bond donors (Lipinski definition) is 0. The van der Waals surface area contributed by atoms with E-state index in [1.807, 2.05) is 6.20 Å². The van der Waals surface area contributed by atoms with E-state index in [1.54, 1.807) is 13.2 Å². The Labute approximate surface area is 131 Å². The molecule has 0 radical (unpaired) electrons. The first-order chi connectivity index (χ1) is 10.7. The molecule has 0 saturated carbocycles. The lowest BCUT2D eigenvalue weighted by Gasteiger charge is -2.14. The molecule has 0 bridgehead atoms. The van der Waals surface area contributed by atoms with Gasteiger partial charge >= 0.3 is 5.69 Å². The molecule has 1 fully saturated rings. The summed E-state index contributed by atoms with van der Waals surface area (Å²) in [5.74, 6) is 0. The zero-order valence-corrected chi connectivity index (χ0v) is 13.2. The van der Waals surface area contributed by atoms with Crippen molar-refractivity contribution in [2.75, 3.05) is 19.6 Å². The topological polar surface area (TPSA) is 38.1 Å². The molecule has 2 aromatic rings. The molecule has 0 amide bonds. The third kappa shape index (κ3) is 3.63. The molecule has 0 spiro atoms. The summed E-state index contributed by atoms with van der Waals surface area (Å²) in [5.41, 5.74) is 3.24. The van der Waals surface area contributed by atoms with Crippen LogP contribution in [0.3, 0.4) is 0 Å². The highest BCUT2D eigenvalue weighted by atomic mass is 16.1. The van der Waals surface area contributed by atoms with Gasteiger partial charge in [0.15, 0.2) is 0 Å². The van der Waals surface area contributed by atoms with Crippen molar-refractivity contribution in [3.63, 3.8) is 0 Å². The fraction of sp³-hybridized carbons (Fsp3) is 0.444. The number of aryl methyl sites for hydroxylation is 2. The van der Waals surface area contributed by atoms with Crippen molar-refractivity contribution in [2.45, 2.75) is 25.7 Å². The highest BCUT2D eigenvalue weighted by Crippen LogP contribution is 2.18. The summed E-state index contributed by atoms with van der Waals surface area (Å²) in [7, 11) is 1.73. The Bertz CT molecular complexity index is 669. The van der Waals surface area contributed by atoms with Crippen LogP contribution in [0.1, 0.15) is 24.8 Å². The Balaban J connectivity index is 1.59. The highest BCUT2D eigenvalue weighted by Gasteiger charge is 2.10. The summed E-state index contributed by atoms with van der Waals surface area (Å²) < 4.78 is 1.51. The maximum absolute atomic E-state index is 11.3. The van der Waals surface area contributed by atoms with E-state index < -0.39 is 0 Å². The van der Waals surface area contributed by atoms with Crippen LogP contribution >= 0.6 is 0 Å². The van der Waals surface area contributed by atoms with Gasteiger partial charge in [0.1, 0.15) is 0 Å². The standard InChI is InChI=1S/C18H23N3O/c1-20-14-17(13-19-18(20)22)16-8-6-15(7-9-16)5-4-12-21-10-2-3-11-21/h6-9,13-14H,2-5,10-12H2,1H3. The summed E-state index contributed by atoms with van der Waals surface area (Å²) >= 11 is 0. The van der Waals surface area contributed by atoms with Crippen molar-refractivity contribution in [2.24, 2.45) is 7.05 Å². The fourth-order valence-electron chi connectivity index (χ4n) is 3.04. The maximum Gasteiger partial charge on any atom is 0.347 e. The number of likely N-dealkylation sites (tertiary alicyclic amines) is 1. The molecule has 0 unspecified atom stereocenters. The summed E-state index contributed by atoms with van der Waals surface area (Å²) in [6.45, 7) is 3.77. The van der Waals surface area contributed by atoms with Crippen molar-refractivity contribution in [1.29, 1.82) is 0 Å². The Kier molecular flexibility index (Phi) is 4.68. The monoisotopic (exact) mass is 297 g/mol. The van der Waals surface area contributed by atoms with Gasteiger partial charge in [0.2, 0.25) is 0 Å². The van der Waals surface area contributed by atoms with Crippen LogP contribution in [-0.4, -0.2) is 34.1 Å². The van der Waals surface area contributed by atoms with Crippen LogP contribution < -0.4 is 5.69 Å². The first kappa shape index (κ1) is 15.0. The molecule has 0 atom stereocenters.